The molecule has 0 aliphatic heterocycles. The van der Waals surface area contributed by atoms with Gasteiger partial charge in [-0.3, -0.25) is 13.9 Å². The van der Waals surface area contributed by atoms with Gasteiger partial charge in [0.1, 0.15) is 16.9 Å². The molecule has 26 heavy (non-hydrogen) atoms. The fraction of sp³-hybridized carbons (Fsp3) is 0.200. The third-order valence-corrected chi connectivity index (χ3v) is 4.46. The van der Waals surface area contributed by atoms with Crippen molar-refractivity contribution in [2.45, 2.75) is 26.4 Å². The van der Waals surface area contributed by atoms with Gasteiger partial charge >= 0.3 is 5.69 Å². The number of aromatic nitrogens is 2. The molecule has 0 aliphatic rings. The van der Waals surface area contributed by atoms with Gasteiger partial charge in [-0.2, -0.15) is 0 Å². The highest BCUT2D eigenvalue weighted by Gasteiger charge is 2.21. The lowest BCUT2D eigenvalue weighted by Gasteiger charge is -2.14. The Bertz CT molecular complexity index is 1230. The van der Waals surface area contributed by atoms with Crippen LogP contribution in [0.15, 0.2) is 62.5 Å². The Hall–Kier alpha value is -3.15. The van der Waals surface area contributed by atoms with Crippen molar-refractivity contribution in [3.8, 4) is 0 Å². The van der Waals surface area contributed by atoms with Gasteiger partial charge in [0.05, 0.1) is 6.54 Å². The fourth-order valence-corrected chi connectivity index (χ4v) is 3.24. The second-order valence-corrected chi connectivity index (χ2v) is 6.54. The quantitative estimate of drug-likeness (QED) is 0.565. The molecule has 5 nitrogen and oxygen atoms in total. The lowest BCUT2D eigenvalue weighted by molar-refractivity contribution is 0.513. The average molecular weight is 352 g/mol. The number of furan rings is 1. The van der Waals surface area contributed by atoms with Crippen molar-refractivity contribution >= 4 is 22.1 Å². The van der Waals surface area contributed by atoms with Crippen molar-refractivity contribution in [2.24, 2.45) is 0 Å². The van der Waals surface area contributed by atoms with E-state index in [1.165, 1.54) is 21.3 Å². The zero-order valence-corrected chi connectivity index (χ0v) is 14.4. The second-order valence-electron chi connectivity index (χ2n) is 6.54. The molecule has 2 heterocycles. The van der Waals surface area contributed by atoms with Crippen molar-refractivity contribution in [1.29, 1.82) is 0 Å². The zero-order valence-electron chi connectivity index (χ0n) is 14.4. The molecule has 0 atom stereocenters. The summed E-state index contributed by atoms with van der Waals surface area (Å²) >= 11 is 0. The third-order valence-electron chi connectivity index (χ3n) is 4.46. The van der Waals surface area contributed by atoms with Gasteiger partial charge < -0.3 is 4.42 Å². The van der Waals surface area contributed by atoms with Gasteiger partial charge in [-0.25, -0.2) is 9.18 Å². The summed E-state index contributed by atoms with van der Waals surface area (Å²) in [6.07, 6.45) is 0. The molecule has 132 valence electrons. The normalized spacial score (nSPS) is 11.7. The Kier molecular flexibility index (Phi) is 3.76. The number of nitrogens with zero attached hydrogens (tertiary/aromatic N) is 2. The lowest BCUT2D eigenvalue weighted by atomic mass is 10.2. The minimum atomic E-state index is -0.438. The predicted octanol–water partition coefficient (Wildman–Crippen LogP) is 3.68. The summed E-state index contributed by atoms with van der Waals surface area (Å²) in [5.41, 5.74) is 1.08. The molecule has 0 saturated heterocycles. The first-order valence-corrected chi connectivity index (χ1v) is 8.38. The summed E-state index contributed by atoms with van der Waals surface area (Å²) in [6.45, 7) is 3.77. The van der Waals surface area contributed by atoms with Gasteiger partial charge in [0.15, 0.2) is 0 Å². The summed E-state index contributed by atoms with van der Waals surface area (Å²) in [5.74, 6) is -0.341. The number of rotatable bonds is 3. The van der Waals surface area contributed by atoms with Gasteiger partial charge in [0.25, 0.3) is 5.56 Å². The summed E-state index contributed by atoms with van der Waals surface area (Å²) in [5, 5.41) is 0.703. The fourth-order valence-electron chi connectivity index (χ4n) is 3.24. The van der Waals surface area contributed by atoms with Gasteiger partial charge in [0, 0.05) is 11.4 Å². The molecule has 0 unspecified atom stereocenters. The standard InChI is InChI=1S/C20H17FN2O3/c1-12(2)23-19(24)18-17(15-5-3-4-6-16(15)26-18)22(20(23)25)11-13-7-9-14(21)10-8-13/h3-10,12H,11H2,1-2H3. The summed E-state index contributed by atoms with van der Waals surface area (Å²) in [7, 11) is 0. The first kappa shape index (κ1) is 16.3. The van der Waals surface area contributed by atoms with E-state index in [1.54, 1.807) is 32.0 Å². The number of hydrogen-bond acceptors (Lipinski definition) is 3. The van der Waals surface area contributed by atoms with Crippen LogP contribution in [0.2, 0.25) is 0 Å². The molecule has 4 rings (SSSR count). The Labute approximate surface area is 147 Å². The van der Waals surface area contributed by atoms with Crippen LogP contribution in [0.1, 0.15) is 25.5 Å². The maximum atomic E-state index is 13.2. The molecule has 0 aliphatic carbocycles. The highest BCUT2D eigenvalue weighted by molar-refractivity contribution is 6.02. The van der Waals surface area contributed by atoms with Crippen LogP contribution >= 0.6 is 0 Å². The highest BCUT2D eigenvalue weighted by atomic mass is 19.1. The monoisotopic (exact) mass is 352 g/mol. The molecule has 6 heteroatoms. The van der Waals surface area contributed by atoms with Crippen molar-refractivity contribution < 1.29 is 8.81 Å². The Morgan fingerprint density at radius 1 is 1.04 bits per heavy atom. The molecule has 0 spiro atoms. The number of halogens is 1. The van der Waals surface area contributed by atoms with Crippen molar-refractivity contribution in [3.63, 3.8) is 0 Å². The van der Waals surface area contributed by atoms with E-state index in [4.69, 9.17) is 4.42 Å². The first-order chi connectivity index (χ1) is 12.5. The van der Waals surface area contributed by atoms with Crippen LogP contribution in [0.3, 0.4) is 0 Å². The highest BCUT2D eigenvalue weighted by Crippen LogP contribution is 2.26. The van der Waals surface area contributed by atoms with Crippen molar-refractivity contribution in [1.82, 2.24) is 9.13 Å². The summed E-state index contributed by atoms with van der Waals surface area (Å²) < 4.78 is 21.7. The second kappa shape index (κ2) is 5.98. The van der Waals surface area contributed by atoms with Gasteiger partial charge in [-0.15, -0.1) is 0 Å². The van der Waals surface area contributed by atoms with E-state index in [0.717, 1.165) is 5.56 Å². The number of benzene rings is 2. The van der Waals surface area contributed by atoms with Crippen LogP contribution in [0.5, 0.6) is 0 Å². The Morgan fingerprint density at radius 2 is 1.73 bits per heavy atom. The zero-order chi connectivity index (χ0) is 18.4. The van der Waals surface area contributed by atoms with E-state index in [9.17, 15) is 14.0 Å². The van der Waals surface area contributed by atoms with Crippen LogP contribution in [0, 0.1) is 5.82 Å². The van der Waals surface area contributed by atoms with Crippen LogP contribution in [-0.2, 0) is 6.54 Å². The molecule has 0 fully saturated rings. The van der Waals surface area contributed by atoms with Crippen LogP contribution in [-0.4, -0.2) is 9.13 Å². The SMILES string of the molecule is CC(C)n1c(=O)c2oc3ccccc3c2n(Cc2ccc(F)cc2)c1=O. The van der Waals surface area contributed by atoms with E-state index in [2.05, 4.69) is 0 Å². The van der Waals surface area contributed by atoms with Crippen LogP contribution < -0.4 is 11.2 Å². The largest absolute Gasteiger partial charge is 0.449 e. The summed E-state index contributed by atoms with van der Waals surface area (Å²) in [6, 6.07) is 12.9. The van der Waals surface area contributed by atoms with E-state index < -0.39 is 11.2 Å². The smallest absolute Gasteiger partial charge is 0.332 e. The number of para-hydroxylation sites is 1. The molecule has 2 aromatic heterocycles. The minimum absolute atomic E-state index is 0.154. The molecule has 0 radical (unpaired) electrons. The van der Waals surface area contributed by atoms with Gasteiger partial charge in [-0.1, -0.05) is 24.3 Å². The van der Waals surface area contributed by atoms with Gasteiger partial charge in [-0.05, 0) is 43.7 Å². The molecular weight excluding hydrogens is 335 g/mol. The molecule has 2 aromatic carbocycles. The van der Waals surface area contributed by atoms with Crippen molar-refractivity contribution in [2.75, 3.05) is 0 Å². The molecule has 0 saturated carbocycles. The maximum Gasteiger partial charge on any atom is 0.332 e. The van der Waals surface area contributed by atoms with Crippen LogP contribution in [0.4, 0.5) is 4.39 Å². The van der Waals surface area contributed by atoms with E-state index in [-0.39, 0.29) is 24.0 Å². The molecule has 0 N–H and O–H groups in total. The predicted molar refractivity (Wildman–Crippen MR) is 98.1 cm³/mol. The Balaban J connectivity index is 2.10. The van der Waals surface area contributed by atoms with Gasteiger partial charge in [0.2, 0.25) is 5.58 Å². The number of fused-ring (bicyclic) bond motifs is 3. The molecule has 0 bridgehead atoms. The third kappa shape index (κ3) is 2.45. The number of hydrogen-bond donors (Lipinski definition) is 0. The van der Waals surface area contributed by atoms with E-state index in [1.807, 2.05) is 18.2 Å². The van der Waals surface area contributed by atoms with Crippen LogP contribution in [0.25, 0.3) is 22.1 Å². The Morgan fingerprint density at radius 3 is 2.42 bits per heavy atom. The molecule has 4 aromatic rings. The molecular formula is C20H17FN2O3. The summed E-state index contributed by atoms with van der Waals surface area (Å²) in [4.78, 5) is 25.9. The lowest BCUT2D eigenvalue weighted by Crippen LogP contribution is -2.41. The molecule has 0 amide bonds. The minimum Gasteiger partial charge on any atom is -0.449 e. The average Bonchev–Trinajstić information content (AvgIpc) is 3.00. The topological polar surface area (TPSA) is 57.1 Å². The first-order valence-electron chi connectivity index (χ1n) is 8.38. The van der Waals surface area contributed by atoms with Crippen molar-refractivity contribution in [3.05, 3.63) is 80.7 Å². The van der Waals surface area contributed by atoms with E-state index in [0.29, 0.717) is 16.5 Å². The van der Waals surface area contributed by atoms with E-state index >= 15 is 0 Å². The maximum absolute atomic E-state index is 13.2.